The molecule has 0 bridgehead atoms. The molecule has 0 heterocycles. The Hall–Kier alpha value is -0.520. The van der Waals surface area contributed by atoms with E-state index in [2.05, 4.69) is 18.8 Å². The lowest BCUT2D eigenvalue weighted by molar-refractivity contribution is 0.132. The highest BCUT2D eigenvalue weighted by Gasteiger charge is 2.19. The first-order valence-electron chi connectivity index (χ1n) is 10.1. The maximum atomic E-state index is 10.1. The monoisotopic (exact) mass is 322 g/mol. The first-order valence-corrected chi connectivity index (χ1v) is 10.1. The van der Waals surface area contributed by atoms with Gasteiger partial charge in [-0.3, -0.25) is 0 Å². The first kappa shape index (κ1) is 20.5. The Balaban J connectivity index is 1.99. The van der Waals surface area contributed by atoms with Crippen molar-refractivity contribution in [2.45, 2.75) is 115 Å². The van der Waals surface area contributed by atoms with Gasteiger partial charge in [0.1, 0.15) is 12.2 Å². The fourth-order valence-electron chi connectivity index (χ4n) is 3.47. The molecule has 2 atom stereocenters. The first-order chi connectivity index (χ1) is 11.2. The van der Waals surface area contributed by atoms with E-state index in [0.717, 1.165) is 25.7 Å². The zero-order valence-corrected chi connectivity index (χ0v) is 15.2. The second-order valence-corrected chi connectivity index (χ2v) is 7.26. The number of rotatable bonds is 11. The summed E-state index contributed by atoms with van der Waals surface area (Å²) in [7, 11) is 0. The standard InChI is InChI=1S/C21H38O2/c1-2-3-4-5-6-7-8-9-13-16-20(22)17-18-21(23)19-14-11-10-12-15-19/h19-23H,2-16H2,1H3. The second kappa shape index (κ2) is 13.9. The maximum Gasteiger partial charge on any atom is 0.117 e. The smallest absolute Gasteiger partial charge is 0.117 e. The Morgan fingerprint density at radius 3 is 1.96 bits per heavy atom. The minimum absolute atomic E-state index is 0.330. The van der Waals surface area contributed by atoms with Crippen LogP contribution in [-0.2, 0) is 0 Å². The number of hydrogen-bond acceptors (Lipinski definition) is 2. The molecule has 0 amide bonds. The highest BCUT2D eigenvalue weighted by molar-refractivity contribution is 5.10. The van der Waals surface area contributed by atoms with Gasteiger partial charge in [-0.25, -0.2) is 0 Å². The molecule has 1 rings (SSSR count). The number of unbranched alkanes of at least 4 members (excludes halogenated alkanes) is 8. The predicted molar refractivity (Wildman–Crippen MR) is 98.2 cm³/mol. The van der Waals surface area contributed by atoms with Gasteiger partial charge in [-0.15, -0.1) is 0 Å². The maximum absolute atomic E-state index is 10.1. The van der Waals surface area contributed by atoms with Gasteiger partial charge in [0.15, 0.2) is 0 Å². The highest BCUT2D eigenvalue weighted by Crippen LogP contribution is 2.26. The summed E-state index contributed by atoms with van der Waals surface area (Å²) in [5.74, 6) is 6.08. The summed E-state index contributed by atoms with van der Waals surface area (Å²) in [6.45, 7) is 2.25. The van der Waals surface area contributed by atoms with E-state index in [0.29, 0.717) is 5.92 Å². The van der Waals surface area contributed by atoms with Gasteiger partial charge in [0.05, 0.1) is 0 Å². The van der Waals surface area contributed by atoms with E-state index >= 15 is 0 Å². The number of aliphatic hydroxyl groups is 2. The SMILES string of the molecule is CCCCCCCCCCCC(O)C#CC(O)C1CCCCC1. The lowest BCUT2D eigenvalue weighted by atomic mass is 9.85. The summed E-state index contributed by atoms with van der Waals surface area (Å²) in [6.07, 6.45) is 17.2. The molecule has 2 unspecified atom stereocenters. The van der Waals surface area contributed by atoms with Crippen molar-refractivity contribution < 1.29 is 10.2 Å². The Morgan fingerprint density at radius 1 is 0.783 bits per heavy atom. The molecule has 0 aliphatic heterocycles. The van der Waals surface area contributed by atoms with Crippen LogP contribution in [0.3, 0.4) is 0 Å². The molecule has 2 heteroatoms. The molecule has 0 spiro atoms. The van der Waals surface area contributed by atoms with Crippen LogP contribution in [-0.4, -0.2) is 22.4 Å². The van der Waals surface area contributed by atoms with Crippen LogP contribution in [0, 0.1) is 17.8 Å². The summed E-state index contributed by atoms with van der Waals surface area (Å²) in [6, 6.07) is 0. The Bertz CT molecular complexity index is 322. The topological polar surface area (TPSA) is 40.5 Å². The zero-order valence-electron chi connectivity index (χ0n) is 15.2. The van der Waals surface area contributed by atoms with Crippen molar-refractivity contribution in [2.75, 3.05) is 0 Å². The predicted octanol–water partition coefficient (Wildman–Crippen LogP) is 5.21. The Morgan fingerprint density at radius 2 is 1.35 bits per heavy atom. The van der Waals surface area contributed by atoms with E-state index in [-0.39, 0.29) is 0 Å². The van der Waals surface area contributed by atoms with E-state index < -0.39 is 12.2 Å². The zero-order chi connectivity index (χ0) is 16.8. The van der Waals surface area contributed by atoms with Gasteiger partial charge in [0, 0.05) is 0 Å². The molecule has 0 aromatic heterocycles. The van der Waals surface area contributed by atoms with Crippen LogP contribution in [0.2, 0.25) is 0 Å². The molecular formula is C21H38O2. The van der Waals surface area contributed by atoms with Gasteiger partial charge in [-0.1, -0.05) is 89.4 Å². The summed E-state index contributed by atoms with van der Waals surface area (Å²) in [5.41, 5.74) is 0. The molecule has 134 valence electrons. The molecule has 23 heavy (non-hydrogen) atoms. The third kappa shape index (κ3) is 10.8. The van der Waals surface area contributed by atoms with E-state index in [4.69, 9.17) is 0 Å². The minimum Gasteiger partial charge on any atom is -0.380 e. The fraction of sp³-hybridized carbons (Fsp3) is 0.905. The quantitative estimate of drug-likeness (QED) is 0.405. The van der Waals surface area contributed by atoms with Crippen molar-refractivity contribution in [3.8, 4) is 11.8 Å². The molecule has 2 N–H and O–H groups in total. The molecule has 1 aliphatic rings. The van der Waals surface area contributed by atoms with Crippen molar-refractivity contribution in [3.05, 3.63) is 0 Å². The van der Waals surface area contributed by atoms with Gasteiger partial charge in [-0.2, -0.15) is 0 Å². The number of hydrogen-bond donors (Lipinski definition) is 2. The van der Waals surface area contributed by atoms with Crippen molar-refractivity contribution in [1.82, 2.24) is 0 Å². The van der Waals surface area contributed by atoms with Crippen molar-refractivity contribution in [1.29, 1.82) is 0 Å². The van der Waals surface area contributed by atoms with E-state index in [1.54, 1.807) is 0 Å². The van der Waals surface area contributed by atoms with Crippen LogP contribution in [0.5, 0.6) is 0 Å². The Kier molecular flexibility index (Phi) is 12.4. The largest absolute Gasteiger partial charge is 0.380 e. The van der Waals surface area contributed by atoms with Crippen LogP contribution in [0.25, 0.3) is 0 Å². The molecule has 0 saturated heterocycles. The van der Waals surface area contributed by atoms with Crippen molar-refractivity contribution in [2.24, 2.45) is 5.92 Å². The summed E-state index contributed by atoms with van der Waals surface area (Å²) in [4.78, 5) is 0. The average molecular weight is 323 g/mol. The second-order valence-electron chi connectivity index (χ2n) is 7.26. The van der Waals surface area contributed by atoms with Crippen LogP contribution in [0.1, 0.15) is 103 Å². The van der Waals surface area contributed by atoms with Crippen molar-refractivity contribution in [3.63, 3.8) is 0 Å². The molecular weight excluding hydrogens is 284 g/mol. The van der Waals surface area contributed by atoms with Crippen LogP contribution in [0.15, 0.2) is 0 Å². The molecule has 1 aliphatic carbocycles. The highest BCUT2D eigenvalue weighted by atomic mass is 16.3. The lowest BCUT2D eigenvalue weighted by Gasteiger charge is -2.23. The van der Waals surface area contributed by atoms with Crippen molar-refractivity contribution >= 4 is 0 Å². The third-order valence-corrected chi connectivity index (χ3v) is 5.08. The van der Waals surface area contributed by atoms with Crippen LogP contribution in [0.4, 0.5) is 0 Å². The summed E-state index contributed by atoms with van der Waals surface area (Å²) in [5, 5.41) is 20.0. The molecule has 0 radical (unpaired) electrons. The normalized spacial score (nSPS) is 18.2. The molecule has 1 fully saturated rings. The van der Waals surface area contributed by atoms with Gasteiger partial charge >= 0.3 is 0 Å². The number of aliphatic hydroxyl groups excluding tert-OH is 2. The van der Waals surface area contributed by atoms with Gasteiger partial charge < -0.3 is 10.2 Å². The molecule has 1 saturated carbocycles. The fourth-order valence-corrected chi connectivity index (χ4v) is 3.47. The van der Waals surface area contributed by atoms with Crippen LogP contribution >= 0.6 is 0 Å². The average Bonchev–Trinajstić information content (AvgIpc) is 2.59. The Labute approximate surface area is 144 Å². The molecule has 0 aromatic rings. The van der Waals surface area contributed by atoms with Crippen LogP contribution < -0.4 is 0 Å². The summed E-state index contributed by atoms with van der Waals surface area (Å²) < 4.78 is 0. The van der Waals surface area contributed by atoms with E-state index in [1.807, 2.05) is 0 Å². The summed E-state index contributed by atoms with van der Waals surface area (Å²) >= 11 is 0. The van der Waals surface area contributed by atoms with Gasteiger partial charge in [-0.05, 0) is 31.6 Å². The van der Waals surface area contributed by atoms with E-state index in [1.165, 1.54) is 70.6 Å². The minimum atomic E-state index is -0.558. The molecule has 0 aromatic carbocycles. The third-order valence-electron chi connectivity index (χ3n) is 5.08. The van der Waals surface area contributed by atoms with Gasteiger partial charge in [0.2, 0.25) is 0 Å². The molecule has 2 nitrogen and oxygen atoms in total. The lowest BCUT2D eigenvalue weighted by Crippen LogP contribution is -2.21. The van der Waals surface area contributed by atoms with Gasteiger partial charge in [0.25, 0.3) is 0 Å². The van der Waals surface area contributed by atoms with E-state index in [9.17, 15) is 10.2 Å².